The quantitative estimate of drug-likeness (QED) is 0.147. The van der Waals surface area contributed by atoms with Crippen molar-refractivity contribution in [1.82, 2.24) is 0 Å². The van der Waals surface area contributed by atoms with Gasteiger partial charge in [-0.05, 0) is 79.9 Å². The average molecular weight is 513 g/mol. The van der Waals surface area contributed by atoms with Crippen molar-refractivity contribution in [2.75, 3.05) is 13.7 Å². The maximum absolute atomic E-state index is 12.2. The Labute approximate surface area is 220 Å². The van der Waals surface area contributed by atoms with E-state index in [2.05, 4.69) is 26.1 Å². The molecule has 0 radical (unpaired) electrons. The van der Waals surface area contributed by atoms with Gasteiger partial charge in [0.05, 0.1) is 7.11 Å². The van der Waals surface area contributed by atoms with Crippen LogP contribution in [0, 0.1) is 17.8 Å². The van der Waals surface area contributed by atoms with Gasteiger partial charge < -0.3 is 18.9 Å². The Morgan fingerprint density at radius 3 is 2.57 bits per heavy atom. The molecule has 0 bridgehead atoms. The van der Waals surface area contributed by atoms with Gasteiger partial charge in [0.2, 0.25) is 0 Å². The van der Waals surface area contributed by atoms with Crippen LogP contribution in [0.1, 0.15) is 63.0 Å². The highest BCUT2D eigenvalue weighted by molar-refractivity contribution is 5.81. The van der Waals surface area contributed by atoms with Crippen LogP contribution >= 0.6 is 0 Å². The second-order valence-electron chi connectivity index (χ2n) is 10.0. The number of methoxy groups -OCH3 is 1. The van der Waals surface area contributed by atoms with Crippen LogP contribution in [0.2, 0.25) is 0 Å². The molecule has 5 atom stereocenters. The van der Waals surface area contributed by atoms with E-state index in [9.17, 15) is 14.4 Å². The second-order valence-corrected chi connectivity index (χ2v) is 10.0. The van der Waals surface area contributed by atoms with E-state index in [1.54, 1.807) is 0 Å². The van der Waals surface area contributed by atoms with Gasteiger partial charge in [-0.1, -0.05) is 45.1 Å². The van der Waals surface area contributed by atoms with Crippen LogP contribution in [0.3, 0.4) is 0 Å². The number of benzene rings is 1. The first-order valence-electron chi connectivity index (χ1n) is 13.4. The summed E-state index contributed by atoms with van der Waals surface area (Å²) in [5.74, 6) is 0.274. The Balaban J connectivity index is 1.77. The Morgan fingerprint density at radius 1 is 1.08 bits per heavy atom. The molecule has 3 rings (SSSR count). The first-order valence-corrected chi connectivity index (χ1v) is 13.4. The molecule has 0 amide bonds. The van der Waals surface area contributed by atoms with Gasteiger partial charge in [-0.3, -0.25) is 0 Å². The smallest absolute Gasteiger partial charge is 0.343 e. The molecule has 2 aliphatic carbocycles. The summed E-state index contributed by atoms with van der Waals surface area (Å²) in [6.45, 7) is 9.12. The predicted octanol–water partition coefficient (Wildman–Crippen LogP) is 5.15. The minimum absolute atomic E-state index is 0.133. The predicted molar refractivity (Wildman–Crippen MR) is 140 cm³/mol. The molecule has 0 aromatic heterocycles. The van der Waals surface area contributed by atoms with Gasteiger partial charge >= 0.3 is 17.9 Å². The number of hydrogen-bond acceptors (Lipinski definition) is 7. The number of unbranched alkanes of at least 4 members (excludes halogenated alkanes) is 2. The average Bonchev–Trinajstić information content (AvgIpc) is 3.24. The van der Waals surface area contributed by atoms with Crippen LogP contribution in [-0.4, -0.2) is 43.8 Å². The Morgan fingerprint density at radius 2 is 1.86 bits per heavy atom. The number of esters is 3. The molecule has 202 valence electrons. The molecule has 0 saturated heterocycles. The van der Waals surface area contributed by atoms with E-state index in [1.165, 1.54) is 24.8 Å². The summed E-state index contributed by atoms with van der Waals surface area (Å²) < 4.78 is 22.0. The van der Waals surface area contributed by atoms with Crippen molar-refractivity contribution in [1.29, 1.82) is 0 Å². The summed E-state index contributed by atoms with van der Waals surface area (Å²) in [5, 5.41) is 0. The van der Waals surface area contributed by atoms with Gasteiger partial charge in [-0.15, -0.1) is 0 Å². The van der Waals surface area contributed by atoms with Crippen LogP contribution < -0.4 is 4.74 Å². The van der Waals surface area contributed by atoms with E-state index in [4.69, 9.17) is 18.9 Å². The third-order valence-corrected chi connectivity index (χ3v) is 7.73. The second kappa shape index (κ2) is 14.0. The zero-order chi connectivity index (χ0) is 26.8. The Hall–Kier alpha value is -3.09. The van der Waals surface area contributed by atoms with Crippen molar-refractivity contribution < 1.29 is 33.3 Å². The Bertz CT molecular complexity index is 969. The highest BCUT2D eigenvalue weighted by Gasteiger charge is 2.47. The lowest BCUT2D eigenvalue weighted by atomic mass is 9.73. The molecule has 7 heteroatoms. The van der Waals surface area contributed by atoms with Gasteiger partial charge in [0.15, 0.2) is 6.61 Å². The first-order chi connectivity index (χ1) is 17.9. The highest BCUT2D eigenvalue weighted by Crippen LogP contribution is 2.49. The topological polar surface area (TPSA) is 88.1 Å². The van der Waals surface area contributed by atoms with Gasteiger partial charge in [0, 0.05) is 12.2 Å². The summed E-state index contributed by atoms with van der Waals surface area (Å²) in [4.78, 5) is 35.7. The molecule has 0 heterocycles. The molecular formula is C30H40O7. The minimum Gasteiger partial charge on any atom is -0.482 e. The number of carbonyl (C=O) groups is 3. The van der Waals surface area contributed by atoms with E-state index in [1.807, 2.05) is 12.1 Å². The molecule has 2 aliphatic rings. The molecule has 7 nitrogen and oxygen atoms in total. The van der Waals surface area contributed by atoms with E-state index in [0.717, 1.165) is 56.9 Å². The highest BCUT2D eigenvalue weighted by atomic mass is 16.6. The zero-order valence-corrected chi connectivity index (χ0v) is 22.1. The number of hydrogen-bond donors (Lipinski definition) is 0. The number of ether oxygens (including phenoxy) is 4. The summed E-state index contributed by atoms with van der Waals surface area (Å²) in [7, 11) is 1.34. The monoisotopic (exact) mass is 512 g/mol. The fourth-order valence-electron chi connectivity index (χ4n) is 5.91. The molecule has 1 aromatic rings. The van der Waals surface area contributed by atoms with E-state index >= 15 is 0 Å². The lowest BCUT2D eigenvalue weighted by Gasteiger charge is -2.33. The molecule has 5 unspecified atom stereocenters. The summed E-state index contributed by atoms with van der Waals surface area (Å²) >= 11 is 0. The molecule has 0 spiro atoms. The lowest BCUT2D eigenvalue weighted by Crippen LogP contribution is -2.30. The van der Waals surface area contributed by atoms with Crippen molar-refractivity contribution in [3.63, 3.8) is 0 Å². The normalized spacial score (nSPS) is 22.6. The van der Waals surface area contributed by atoms with Crippen LogP contribution in [0.15, 0.2) is 43.5 Å². The molecule has 0 aliphatic heterocycles. The van der Waals surface area contributed by atoms with Crippen LogP contribution in [0.4, 0.5) is 0 Å². The fraction of sp³-hybridized carbons (Fsp3) is 0.567. The number of rotatable bonds is 14. The lowest BCUT2D eigenvalue weighted by molar-refractivity contribution is -0.146. The van der Waals surface area contributed by atoms with Crippen LogP contribution in [0.5, 0.6) is 5.75 Å². The van der Waals surface area contributed by atoms with E-state index in [-0.39, 0.29) is 24.7 Å². The van der Waals surface area contributed by atoms with Gasteiger partial charge in [-0.25, -0.2) is 14.4 Å². The van der Waals surface area contributed by atoms with Crippen LogP contribution in [-0.2, 0) is 41.4 Å². The molecule has 1 fully saturated rings. The molecule has 1 aromatic carbocycles. The van der Waals surface area contributed by atoms with Crippen molar-refractivity contribution in [3.05, 3.63) is 54.6 Å². The summed E-state index contributed by atoms with van der Waals surface area (Å²) in [6, 6.07) is 5.94. The van der Waals surface area contributed by atoms with Crippen molar-refractivity contribution in [2.45, 2.75) is 76.9 Å². The van der Waals surface area contributed by atoms with Gasteiger partial charge in [-0.2, -0.15) is 0 Å². The maximum Gasteiger partial charge on any atom is 0.343 e. The third-order valence-electron chi connectivity index (χ3n) is 7.73. The molecule has 1 saturated carbocycles. The number of fused-ring (bicyclic) bond motifs is 2. The minimum atomic E-state index is -0.422. The summed E-state index contributed by atoms with van der Waals surface area (Å²) in [6.07, 6.45) is 9.93. The van der Waals surface area contributed by atoms with Crippen molar-refractivity contribution in [3.8, 4) is 5.75 Å². The first kappa shape index (κ1) is 28.5. The molecule has 37 heavy (non-hydrogen) atoms. The van der Waals surface area contributed by atoms with Crippen molar-refractivity contribution in [2.24, 2.45) is 17.8 Å². The molecule has 0 N–H and O–H groups in total. The van der Waals surface area contributed by atoms with Gasteiger partial charge in [0.25, 0.3) is 0 Å². The third kappa shape index (κ3) is 7.70. The summed E-state index contributed by atoms with van der Waals surface area (Å²) in [5.41, 5.74) is 2.31. The van der Waals surface area contributed by atoms with E-state index < -0.39 is 17.9 Å². The standard InChI is InChI=1S/C30H40O7/c1-5-8-9-12-22(36-28(31)6-2)14-15-23-24-16-20-11-10-13-26(35-19-30(33)34-4)25(20)17-21(24)18-27(23)37-29(32)7-3/h6-7,10-11,13,21-24,27H,2-3,5,8-9,12,14-19H2,1,4H3. The largest absolute Gasteiger partial charge is 0.482 e. The SMILES string of the molecule is C=CC(=O)OC(CCCCC)CCC1C(OC(=O)C=C)CC2Cc3c(cccc3OCC(=O)OC)CC21. The van der Waals surface area contributed by atoms with E-state index in [0.29, 0.717) is 24.0 Å². The number of carbonyl (C=O) groups excluding carboxylic acids is 3. The maximum atomic E-state index is 12.2. The zero-order valence-electron chi connectivity index (χ0n) is 22.1. The fourth-order valence-corrected chi connectivity index (χ4v) is 5.91. The van der Waals surface area contributed by atoms with Crippen molar-refractivity contribution >= 4 is 17.9 Å². The molecular weight excluding hydrogens is 472 g/mol. The van der Waals surface area contributed by atoms with Crippen LogP contribution in [0.25, 0.3) is 0 Å². The Kier molecular flexibility index (Phi) is 10.8. The van der Waals surface area contributed by atoms with Gasteiger partial charge in [0.1, 0.15) is 18.0 Å².